The molecular formula is C8H5Cl2F2. The van der Waals surface area contributed by atoms with Crippen molar-refractivity contribution >= 4 is 23.2 Å². The Kier molecular flexibility index (Phi) is 2.59. The van der Waals surface area contributed by atoms with Crippen LogP contribution in [0.1, 0.15) is 11.1 Å². The summed E-state index contributed by atoms with van der Waals surface area (Å²) in [6.07, 6.45) is 0. The fraction of sp³-hybridized carbons (Fsp3) is 0.125. The summed E-state index contributed by atoms with van der Waals surface area (Å²) < 4.78 is 25.9. The third-order valence-electron chi connectivity index (χ3n) is 1.57. The van der Waals surface area contributed by atoms with Crippen LogP contribution in [0.5, 0.6) is 0 Å². The van der Waals surface area contributed by atoms with Crippen LogP contribution in [0.4, 0.5) is 8.78 Å². The van der Waals surface area contributed by atoms with Gasteiger partial charge in [0.1, 0.15) is 11.6 Å². The summed E-state index contributed by atoms with van der Waals surface area (Å²) in [5.74, 6) is -1.60. The molecule has 0 heterocycles. The van der Waals surface area contributed by atoms with E-state index in [1.807, 2.05) is 0 Å². The molecule has 0 fully saturated rings. The molecule has 1 aromatic carbocycles. The van der Waals surface area contributed by atoms with Crippen LogP contribution in [0.15, 0.2) is 0 Å². The van der Waals surface area contributed by atoms with Crippen LogP contribution in [-0.4, -0.2) is 0 Å². The molecule has 0 saturated heterocycles. The number of hydrogen-bond acceptors (Lipinski definition) is 0. The Bertz CT molecular complexity index is 229. The number of hydrogen-bond donors (Lipinski definition) is 0. The molecule has 0 aliphatic rings. The Balaban J connectivity index is 3.60. The largest absolute Gasteiger partial charge is 0.205 e. The minimum Gasteiger partial charge on any atom is -0.205 e. The molecule has 0 N–H and O–H groups in total. The van der Waals surface area contributed by atoms with Gasteiger partial charge in [-0.1, -0.05) is 23.2 Å². The minimum atomic E-state index is -0.802. The standard InChI is InChI=1S/C8H5Cl2F2/c1-3-5(9)7(11)4(2)8(12)6(3)10/h1H2,2H3. The van der Waals surface area contributed by atoms with Crippen molar-refractivity contribution < 1.29 is 8.78 Å². The van der Waals surface area contributed by atoms with Crippen molar-refractivity contribution in [3.05, 3.63) is 39.7 Å². The Hall–Kier alpha value is -0.340. The third-order valence-corrected chi connectivity index (χ3v) is 2.36. The maximum Gasteiger partial charge on any atom is 0.147 e. The average Bonchev–Trinajstić information content (AvgIpc) is 2.08. The van der Waals surface area contributed by atoms with Crippen LogP contribution in [-0.2, 0) is 0 Å². The molecule has 0 spiro atoms. The predicted molar refractivity (Wildman–Crippen MR) is 45.6 cm³/mol. The lowest BCUT2D eigenvalue weighted by atomic mass is 10.1. The Morgan fingerprint density at radius 2 is 1.42 bits per heavy atom. The van der Waals surface area contributed by atoms with Gasteiger partial charge in [0.15, 0.2) is 0 Å². The van der Waals surface area contributed by atoms with Crippen LogP contribution in [0, 0.1) is 25.5 Å². The molecule has 1 rings (SSSR count). The zero-order valence-electron chi connectivity index (χ0n) is 6.22. The van der Waals surface area contributed by atoms with Crippen LogP contribution in [0.2, 0.25) is 10.0 Å². The summed E-state index contributed by atoms with van der Waals surface area (Å²) in [6.45, 7) is 4.60. The summed E-state index contributed by atoms with van der Waals surface area (Å²) in [7, 11) is 0. The SMILES string of the molecule is [CH2]c1c(Cl)c(F)c(C)c(F)c1Cl. The molecule has 0 saturated carbocycles. The van der Waals surface area contributed by atoms with Gasteiger partial charge < -0.3 is 0 Å². The van der Waals surface area contributed by atoms with E-state index in [2.05, 4.69) is 6.92 Å². The van der Waals surface area contributed by atoms with Gasteiger partial charge in [0, 0.05) is 5.56 Å². The van der Waals surface area contributed by atoms with Gasteiger partial charge >= 0.3 is 0 Å². The van der Waals surface area contributed by atoms with E-state index in [9.17, 15) is 8.78 Å². The molecule has 0 amide bonds. The lowest BCUT2D eigenvalue weighted by molar-refractivity contribution is 0.568. The fourth-order valence-electron chi connectivity index (χ4n) is 0.787. The Morgan fingerprint density at radius 3 is 1.75 bits per heavy atom. The number of halogens is 4. The first kappa shape index (κ1) is 9.75. The van der Waals surface area contributed by atoms with Crippen molar-refractivity contribution in [2.24, 2.45) is 0 Å². The lowest BCUT2D eigenvalue weighted by Crippen LogP contribution is -1.94. The van der Waals surface area contributed by atoms with Crippen molar-refractivity contribution in [3.8, 4) is 0 Å². The monoisotopic (exact) mass is 209 g/mol. The van der Waals surface area contributed by atoms with E-state index in [0.717, 1.165) is 0 Å². The Labute approximate surface area is 79.1 Å². The zero-order chi connectivity index (χ0) is 9.46. The molecule has 12 heavy (non-hydrogen) atoms. The molecule has 0 bridgehead atoms. The van der Waals surface area contributed by atoms with E-state index in [4.69, 9.17) is 23.2 Å². The maximum absolute atomic E-state index is 13.0. The van der Waals surface area contributed by atoms with Crippen molar-refractivity contribution in [2.45, 2.75) is 6.92 Å². The molecule has 0 aliphatic carbocycles. The number of rotatable bonds is 0. The van der Waals surface area contributed by atoms with Gasteiger partial charge in [-0.2, -0.15) is 0 Å². The van der Waals surface area contributed by atoms with Crippen LogP contribution in [0.25, 0.3) is 0 Å². The first-order valence-electron chi connectivity index (χ1n) is 3.11. The zero-order valence-corrected chi connectivity index (χ0v) is 7.73. The smallest absolute Gasteiger partial charge is 0.147 e. The summed E-state index contributed by atoms with van der Waals surface area (Å²) in [5.41, 5.74) is -0.198. The van der Waals surface area contributed by atoms with E-state index >= 15 is 0 Å². The molecule has 0 aromatic heterocycles. The molecule has 1 aromatic rings. The van der Waals surface area contributed by atoms with E-state index in [1.54, 1.807) is 0 Å². The topological polar surface area (TPSA) is 0 Å². The quantitative estimate of drug-likeness (QED) is 0.572. The van der Waals surface area contributed by atoms with Crippen LogP contribution >= 0.6 is 23.2 Å². The fourth-order valence-corrected chi connectivity index (χ4v) is 1.31. The lowest BCUT2D eigenvalue weighted by Gasteiger charge is -2.06. The molecule has 1 radical (unpaired) electrons. The molecule has 0 unspecified atom stereocenters. The highest BCUT2D eigenvalue weighted by atomic mass is 35.5. The van der Waals surface area contributed by atoms with Crippen molar-refractivity contribution in [2.75, 3.05) is 0 Å². The van der Waals surface area contributed by atoms with Crippen molar-refractivity contribution in [1.29, 1.82) is 0 Å². The summed E-state index contributed by atoms with van der Waals surface area (Å²) in [4.78, 5) is 0. The highest BCUT2D eigenvalue weighted by Gasteiger charge is 2.16. The highest BCUT2D eigenvalue weighted by molar-refractivity contribution is 6.36. The first-order chi connectivity index (χ1) is 5.46. The Morgan fingerprint density at radius 1 is 1.08 bits per heavy atom. The normalized spacial score (nSPS) is 10.5. The van der Waals surface area contributed by atoms with Gasteiger partial charge in [-0.05, 0) is 19.4 Å². The van der Waals surface area contributed by atoms with Crippen molar-refractivity contribution in [1.82, 2.24) is 0 Å². The van der Waals surface area contributed by atoms with E-state index < -0.39 is 11.6 Å². The minimum absolute atomic E-state index is 0.0149. The first-order valence-corrected chi connectivity index (χ1v) is 3.87. The van der Waals surface area contributed by atoms with Gasteiger partial charge in [-0.25, -0.2) is 8.78 Å². The van der Waals surface area contributed by atoms with E-state index in [0.29, 0.717) is 0 Å². The summed E-state index contributed by atoms with van der Waals surface area (Å²) >= 11 is 10.9. The molecule has 4 heteroatoms. The predicted octanol–water partition coefficient (Wildman–Crippen LogP) is 3.76. The number of benzene rings is 1. The van der Waals surface area contributed by atoms with Crippen molar-refractivity contribution in [3.63, 3.8) is 0 Å². The second kappa shape index (κ2) is 3.19. The molecule has 0 aliphatic heterocycles. The van der Waals surface area contributed by atoms with Gasteiger partial charge in [0.2, 0.25) is 0 Å². The van der Waals surface area contributed by atoms with E-state index in [-0.39, 0.29) is 21.2 Å². The maximum atomic E-state index is 13.0. The molecule has 0 atom stereocenters. The summed E-state index contributed by atoms with van der Waals surface area (Å²) in [6, 6.07) is 0. The van der Waals surface area contributed by atoms with Gasteiger partial charge in [0.05, 0.1) is 10.0 Å². The average molecular weight is 210 g/mol. The van der Waals surface area contributed by atoms with Gasteiger partial charge in [-0.15, -0.1) is 0 Å². The highest BCUT2D eigenvalue weighted by Crippen LogP contribution is 2.31. The van der Waals surface area contributed by atoms with E-state index in [1.165, 1.54) is 6.92 Å². The molecular weight excluding hydrogens is 205 g/mol. The third kappa shape index (κ3) is 1.29. The second-order valence-electron chi connectivity index (χ2n) is 2.36. The van der Waals surface area contributed by atoms with Gasteiger partial charge in [0.25, 0.3) is 0 Å². The molecule has 0 nitrogen and oxygen atoms in total. The van der Waals surface area contributed by atoms with Crippen LogP contribution in [0.3, 0.4) is 0 Å². The van der Waals surface area contributed by atoms with Crippen LogP contribution < -0.4 is 0 Å². The molecule has 65 valence electrons. The second-order valence-corrected chi connectivity index (χ2v) is 3.12. The van der Waals surface area contributed by atoms with Gasteiger partial charge in [-0.3, -0.25) is 0 Å². The summed E-state index contributed by atoms with van der Waals surface area (Å²) in [5, 5.41) is -0.446.